The molecule has 1 N–H and O–H groups in total. The van der Waals surface area contributed by atoms with Gasteiger partial charge in [0.2, 0.25) is 0 Å². The van der Waals surface area contributed by atoms with Crippen molar-refractivity contribution in [3.63, 3.8) is 0 Å². The van der Waals surface area contributed by atoms with Gasteiger partial charge in [-0.2, -0.15) is 0 Å². The molecule has 1 saturated carbocycles. The maximum absolute atomic E-state index is 13.2. The van der Waals surface area contributed by atoms with Crippen LogP contribution in [0.4, 0.5) is 10.1 Å². The largest absolute Gasteiger partial charge is 0.497 e. The first-order valence-electron chi connectivity index (χ1n) is 4.39. The summed E-state index contributed by atoms with van der Waals surface area (Å²) in [5, 5.41) is 3.10. The molecule has 0 saturated heterocycles. The molecule has 0 heterocycles. The average molecular weight is 181 g/mol. The van der Waals surface area contributed by atoms with Crippen LogP contribution in [0.1, 0.15) is 12.8 Å². The predicted molar refractivity (Wildman–Crippen MR) is 49.6 cm³/mol. The van der Waals surface area contributed by atoms with Crippen LogP contribution in [0.3, 0.4) is 0 Å². The normalized spacial score (nSPS) is 15.5. The van der Waals surface area contributed by atoms with E-state index in [1.165, 1.54) is 6.07 Å². The van der Waals surface area contributed by atoms with E-state index in [9.17, 15) is 4.39 Å². The average Bonchev–Trinajstić information content (AvgIpc) is 2.93. The highest BCUT2D eigenvalue weighted by atomic mass is 19.1. The quantitative estimate of drug-likeness (QED) is 0.773. The predicted octanol–water partition coefficient (Wildman–Crippen LogP) is 2.41. The van der Waals surface area contributed by atoms with Crippen molar-refractivity contribution in [2.45, 2.75) is 18.9 Å². The number of hydrogen-bond donors (Lipinski definition) is 1. The van der Waals surface area contributed by atoms with Crippen molar-refractivity contribution < 1.29 is 9.13 Å². The Morgan fingerprint density at radius 2 is 2.23 bits per heavy atom. The van der Waals surface area contributed by atoms with Crippen LogP contribution in [-0.2, 0) is 0 Å². The fourth-order valence-corrected chi connectivity index (χ4v) is 1.19. The Morgan fingerprint density at radius 3 is 2.85 bits per heavy atom. The van der Waals surface area contributed by atoms with Gasteiger partial charge in [-0.25, -0.2) is 4.39 Å². The summed E-state index contributed by atoms with van der Waals surface area (Å²) in [6.07, 6.45) is 2.27. The van der Waals surface area contributed by atoms with Crippen LogP contribution in [0.15, 0.2) is 18.2 Å². The molecule has 13 heavy (non-hydrogen) atoms. The highest BCUT2D eigenvalue weighted by Gasteiger charge is 2.22. The molecule has 0 unspecified atom stereocenters. The Balaban J connectivity index is 2.19. The summed E-state index contributed by atoms with van der Waals surface area (Å²) in [4.78, 5) is 0. The van der Waals surface area contributed by atoms with E-state index in [1.807, 2.05) is 0 Å². The zero-order chi connectivity index (χ0) is 9.26. The monoisotopic (exact) mass is 181 g/mol. The molecule has 0 bridgehead atoms. The van der Waals surface area contributed by atoms with Gasteiger partial charge in [0.25, 0.3) is 0 Å². The minimum absolute atomic E-state index is 0.215. The Morgan fingerprint density at radius 1 is 1.46 bits per heavy atom. The van der Waals surface area contributed by atoms with Crippen LogP contribution in [0.25, 0.3) is 0 Å². The van der Waals surface area contributed by atoms with E-state index >= 15 is 0 Å². The Bertz CT molecular complexity index is 310. The third kappa shape index (κ3) is 1.91. The Kier molecular flexibility index (Phi) is 2.08. The molecule has 0 radical (unpaired) electrons. The smallest absolute Gasteiger partial charge is 0.146 e. The zero-order valence-corrected chi connectivity index (χ0v) is 7.51. The second-order valence-electron chi connectivity index (χ2n) is 3.26. The molecule has 0 aliphatic heterocycles. The summed E-state index contributed by atoms with van der Waals surface area (Å²) < 4.78 is 18.2. The standard InChI is InChI=1S/C10H12FNO/c1-13-8-4-5-9(11)10(6-8)12-7-2-3-7/h4-7,12H,2-3H2,1H3. The molecule has 1 aliphatic rings. The first-order chi connectivity index (χ1) is 6.29. The van der Waals surface area contributed by atoms with Crippen molar-refractivity contribution in [1.82, 2.24) is 0 Å². The van der Waals surface area contributed by atoms with Gasteiger partial charge in [0.05, 0.1) is 12.8 Å². The van der Waals surface area contributed by atoms with Crippen molar-refractivity contribution in [1.29, 1.82) is 0 Å². The summed E-state index contributed by atoms with van der Waals surface area (Å²) in [6, 6.07) is 5.19. The summed E-state index contributed by atoms with van der Waals surface area (Å²) in [5.74, 6) is 0.470. The molecule has 3 heteroatoms. The van der Waals surface area contributed by atoms with Gasteiger partial charge in [0.1, 0.15) is 11.6 Å². The fraction of sp³-hybridized carbons (Fsp3) is 0.400. The number of anilines is 1. The zero-order valence-electron chi connectivity index (χ0n) is 7.51. The maximum atomic E-state index is 13.2. The molecule has 2 nitrogen and oxygen atoms in total. The highest BCUT2D eigenvalue weighted by molar-refractivity contribution is 5.50. The number of nitrogens with one attached hydrogen (secondary N) is 1. The van der Waals surface area contributed by atoms with Gasteiger partial charge in [-0.15, -0.1) is 0 Å². The van der Waals surface area contributed by atoms with Crippen molar-refractivity contribution in [2.24, 2.45) is 0 Å². The van der Waals surface area contributed by atoms with Gasteiger partial charge in [0.15, 0.2) is 0 Å². The molecule has 0 amide bonds. The summed E-state index contributed by atoms with van der Waals surface area (Å²) in [6.45, 7) is 0. The third-order valence-electron chi connectivity index (χ3n) is 2.11. The summed E-state index contributed by atoms with van der Waals surface area (Å²) in [7, 11) is 1.58. The summed E-state index contributed by atoms with van der Waals surface area (Å²) >= 11 is 0. The molecule has 0 atom stereocenters. The minimum atomic E-state index is -0.215. The topological polar surface area (TPSA) is 21.3 Å². The minimum Gasteiger partial charge on any atom is -0.497 e. The second-order valence-corrected chi connectivity index (χ2v) is 3.26. The molecule has 70 valence electrons. The van der Waals surface area contributed by atoms with Gasteiger partial charge in [0, 0.05) is 12.1 Å². The van der Waals surface area contributed by atoms with Crippen molar-refractivity contribution in [3.05, 3.63) is 24.0 Å². The highest BCUT2D eigenvalue weighted by Crippen LogP contribution is 2.28. The third-order valence-corrected chi connectivity index (χ3v) is 2.11. The SMILES string of the molecule is COc1ccc(F)c(NC2CC2)c1. The van der Waals surface area contributed by atoms with E-state index in [4.69, 9.17) is 4.74 Å². The van der Waals surface area contributed by atoms with E-state index in [1.54, 1.807) is 19.2 Å². The van der Waals surface area contributed by atoms with Gasteiger partial charge < -0.3 is 10.1 Å². The summed E-state index contributed by atoms with van der Waals surface area (Å²) in [5.41, 5.74) is 0.543. The molecule has 1 aliphatic carbocycles. The number of benzene rings is 1. The van der Waals surface area contributed by atoms with Crippen LogP contribution >= 0.6 is 0 Å². The van der Waals surface area contributed by atoms with E-state index in [0.717, 1.165) is 12.8 Å². The van der Waals surface area contributed by atoms with Gasteiger partial charge in [-0.1, -0.05) is 0 Å². The van der Waals surface area contributed by atoms with Crippen molar-refractivity contribution in [3.8, 4) is 5.75 Å². The van der Waals surface area contributed by atoms with Gasteiger partial charge in [-0.05, 0) is 25.0 Å². The molecule has 1 aromatic carbocycles. The second kappa shape index (κ2) is 3.24. The van der Waals surface area contributed by atoms with Gasteiger partial charge in [-0.3, -0.25) is 0 Å². The molecule has 0 spiro atoms. The van der Waals surface area contributed by atoms with E-state index in [0.29, 0.717) is 17.5 Å². The first kappa shape index (κ1) is 8.35. The lowest BCUT2D eigenvalue weighted by Crippen LogP contribution is -2.03. The van der Waals surface area contributed by atoms with E-state index in [-0.39, 0.29) is 5.82 Å². The fourth-order valence-electron chi connectivity index (χ4n) is 1.19. The van der Waals surface area contributed by atoms with E-state index in [2.05, 4.69) is 5.32 Å². The van der Waals surface area contributed by atoms with Crippen LogP contribution in [0.2, 0.25) is 0 Å². The molecular formula is C10H12FNO. The Labute approximate surface area is 76.7 Å². The van der Waals surface area contributed by atoms with Gasteiger partial charge >= 0.3 is 0 Å². The van der Waals surface area contributed by atoms with Crippen LogP contribution in [0, 0.1) is 5.82 Å². The molecular weight excluding hydrogens is 169 g/mol. The Hall–Kier alpha value is -1.25. The molecule has 1 fully saturated rings. The number of ether oxygens (including phenoxy) is 1. The number of hydrogen-bond acceptors (Lipinski definition) is 2. The lowest BCUT2D eigenvalue weighted by atomic mass is 10.3. The van der Waals surface area contributed by atoms with Crippen molar-refractivity contribution in [2.75, 3.05) is 12.4 Å². The number of halogens is 1. The lowest BCUT2D eigenvalue weighted by Gasteiger charge is -2.07. The molecule has 0 aromatic heterocycles. The van der Waals surface area contributed by atoms with E-state index < -0.39 is 0 Å². The lowest BCUT2D eigenvalue weighted by molar-refractivity contribution is 0.414. The van der Waals surface area contributed by atoms with Crippen molar-refractivity contribution >= 4 is 5.69 Å². The molecule has 1 aromatic rings. The number of methoxy groups -OCH3 is 1. The van der Waals surface area contributed by atoms with Crippen LogP contribution < -0.4 is 10.1 Å². The maximum Gasteiger partial charge on any atom is 0.146 e. The van der Waals surface area contributed by atoms with Crippen LogP contribution in [0.5, 0.6) is 5.75 Å². The molecule has 2 rings (SSSR count). The number of rotatable bonds is 3. The van der Waals surface area contributed by atoms with Crippen LogP contribution in [-0.4, -0.2) is 13.2 Å². The first-order valence-corrected chi connectivity index (χ1v) is 4.39.